The molecule has 4 nitrogen and oxygen atoms in total. The first-order valence-electron chi connectivity index (χ1n) is 7.78. The van der Waals surface area contributed by atoms with Gasteiger partial charge in [-0.2, -0.15) is 13.2 Å². The van der Waals surface area contributed by atoms with Crippen molar-refractivity contribution >= 4 is 23.0 Å². The van der Waals surface area contributed by atoms with Gasteiger partial charge >= 0.3 is 6.18 Å². The van der Waals surface area contributed by atoms with Gasteiger partial charge in [0.1, 0.15) is 11.5 Å². The van der Waals surface area contributed by atoms with Crippen LogP contribution in [-0.4, -0.2) is 10.9 Å². The molecule has 8 heteroatoms. The van der Waals surface area contributed by atoms with Crippen molar-refractivity contribution in [3.05, 3.63) is 83.9 Å². The number of nitrogens with zero attached hydrogens (tertiary/aromatic N) is 1. The van der Waals surface area contributed by atoms with Gasteiger partial charge in [0.05, 0.1) is 17.4 Å². The minimum atomic E-state index is -4.44. The molecule has 0 atom stereocenters. The standard InChI is InChI=1S/C19H13F4N3O/c20-13-2-1-3-15(10-13)25-16-8-9-17(24-11-16)18(27)26-14-6-4-12(5-7-14)19(21,22)23/h1-11,25H,(H,26,27). The van der Waals surface area contributed by atoms with E-state index in [9.17, 15) is 22.4 Å². The lowest BCUT2D eigenvalue weighted by molar-refractivity contribution is -0.137. The van der Waals surface area contributed by atoms with Gasteiger partial charge in [0.25, 0.3) is 5.91 Å². The number of alkyl halides is 3. The SMILES string of the molecule is O=C(Nc1ccc(C(F)(F)F)cc1)c1ccc(Nc2cccc(F)c2)cn1. The Bertz CT molecular complexity index is 938. The Kier molecular flexibility index (Phi) is 5.07. The maximum atomic E-state index is 13.2. The minimum absolute atomic E-state index is 0.0830. The minimum Gasteiger partial charge on any atom is -0.354 e. The number of anilines is 3. The maximum absolute atomic E-state index is 13.2. The second-order valence-corrected chi connectivity index (χ2v) is 5.60. The molecule has 0 aliphatic rings. The maximum Gasteiger partial charge on any atom is 0.416 e. The predicted octanol–water partition coefficient (Wildman–Crippen LogP) is 5.24. The second kappa shape index (κ2) is 7.45. The van der Waals surface area contributed by atoms with Gasteiger partial charge < -0.3 is 10.6 Å². The Hall–Kier alpha value is -3.42. The van der Waals surface area contributed by atoms with Gasteiger partial charge in [-0.1, -0.05) is 6.07 Å². The number of pyridine rings is 1. The Balaban J connectivity index is 1.65. The fourth-order valence-corrected chi connectivity index (χ4v) is 2.27. The zero-order valence-electron chi connectivity index (χ0n) is 13.7. The summed E-state index contributed by atoms with van der Waals surface area (Å²) in [5.74, 6) is -0.951. The van der Waals surface area contributed by atoms with Gasteiger partial charge in [-0.25, -0.2) is 9.37 Å². The molecule has 0 saturated carbocycles. The first-order valence-corrected chi connectivity index (χ1v) is 7.78. The van der Waals surface area contributed by atoms with E-state index in [1.165, 1.54) is 36.5 Å². The van der Waals surface area contributed by atoms with Crippen molar-refractivity contribution in [3.8, 4) is 0 Å². The molecular weight excluding hydrogens is 362 g/mol. The van der Waals surface area contributed by atoms with E-state index in [2.05, 4.69) is 15.6 Å². The van der Waals surface area contributed by atoms with Crippen LogP contribution in [0.1, 0.15) is 16.1 Å². The zero-order chi connectivity index (χ0) is 19.4. The normalized spacial score (nSPS) is 11.1. The van der Waals surface area contributed by atoms with Crippen molar-refractivity contribution in [2.75, 3.05) is 10.6 Å². The summed E-state index contributed by atoms with van der Waals surface area (Å²) in [4.78, 5) is 16.1. The smallest absolute Gasteiger partial charge is 0.354 e. The number of benzene rings is 2. The van der Waals surface area contributed by atoms with Gasteiger partial charge in [0, 0.05) is 11.4 Å². The monoisotopic (exact) mass is 375 g/mol. The number of rotatable bonds is 4. The summed E-state index contributed by atoms with van der Waals surface area (Å²) >= 11 is 0. The van der Waals surface area contributed by atoms with Crippen molar-refractivity contribution in [1.82, 2.24) is 4.98 Å². The van der Waals surface area contributed by atoms with Crippen LogP contribution < -0.4 is 10.6 Å². The number of nitrogens with one attached hydrogen (secondary N) is 2. The highest BCUT2D eigenvalue weighted by molar-refractivity contribution is 6.02. The van der Waals surface area contributed by atoms with Crippen LogP contribution in [0.25, 0.3) is 0 Å². The van der Waals surface area contributed by atoms with Crippen molar-refractivity contribution in [1.29, 1.82) is 0 Å². The highest BCUT2D eigenvalue weighted by Gasteiger charge is 2.30. The molecule has 2 aromatic carbocycles. The summed E-state index contributed by atoms with van der Waals surface area (Å²) in [7, 11) is 0. The molecular formula is C19H13F4N3O. The summed E-state index contributed by atoms with van der Waals surface area (Å²) in [6.45, 7) is 0. The molecule has 0 bridgehead atoms. The predicted molar refractivity (Wildman–Crippen MR) is 93.3 cm³/mol. The highest BCUT2D eigenvalue weighted by atomic mass is 19.4. The molecule has 1 amide bonds. The molecule has 2 N–H and O–H groups in total. The van der Waals surface area contributed by atoms with Crippen LogP contribution in [0.3, 0.4) is 0 Å². The molecule has 0 spiro atoms. The average molecular weight is 375 g/mol. The van der Waals surface area contributed by atoms with Gasteiger partial charge in [0.15, 0.2) is 0 Å². The van der Waals surface area contributed by atoms with Crippen LogP contribution in [-0.2, 0) is 6.18 Å². The molecule has 0 fully saturated rings. The molecule has 138 valence electrons. The summed E-state index contributed by atoms with van der Waals surface area (Å²) in [6.07, 6.45) is -3.04. The van der Waals surface area contributed by atoms with Gasteiger partial charge in [0.2, 0.25) is 0 Å². The van der Waals surface area contributed by atoms with E-state index in [0.717, 1.165) is 12.1 Å². The third-order valence-electron chi connectivity index (χ3n) is 3.58. The van der Waals surface area contributed by atoms with E-state index in [1.807, 2.05) is 0 Å². The summed E-state index contributed by atoms with van der Waals surface area (Å²) in [6, 6.07) is 13.0. The first kappa shape index (κ1) is 18.4. The molecule has 0 unspecified atom stereocenters. The van der Waals surface area contributed by atoms with E-state index in [-0.39, 0.29) is 17.2 Å². The van der Waals surface area contributed by atoms with Crippen LogP contribution in [0, 0.1) is 5.82 Å². The lowest BCUT2D eigenvalue weighted by Crippen LogP contribution is -2.14. The van der Waals surface area contributed by atoms with Crippen molar-refractivity contribution < 1.29 is 22.4 Å². The lowest BCUT2D eigenvalue weighted by atomic mass is 10.2. The average Bonchev–Trinajstić information content (AvgIpc) is 2.62. The first-order chi connectivity index (χ1) is 12.8. The molecule has 3 rings (SSSR count). The fraction of sp³-hybridized carbons (Fsp3) is 0.0526. The summed E-state index contributed by atoms with van der Waals surface area (Å²) in [5, 5.41) is 5.41. The number of carbonyl (C=O) groups excluding carboxylic acids is 1. The molecule has 0 radical (unpaired) electrons. The van der Waals surface area contributed by atoms with Crippen LogP contribution in [0.4, 0.5) is 34.6 Å². The molecule has 1 heterocycles. The van der Waals surface area contributed by atoms with Crippen LogP contribution in [0.15, 0.2) is 66.9 Å². The summed E-state index contributed by atoms with van der Waals surface area (Å²) in [5.41, 5.74) is 0.577. The quantitative estimate of drug-likeness (QED) is 0.614. The number of hydrogen-bond donors (Lipinski definition) is 2. The number of halogens is 4. The Morgan fingerprint density at radius 3 is 2.19 bits per heavy atom. The third-order valence-corrected chi connectivity index (χ3v) is 3.58. The van der Waals surface area contributed by atoms with E-state index < -0.39 is 17.6 Å². The topological polar surface area (TPSA) is 54.0 Å². The van der Waals surface area contributed by atoms with Crippen molar-refractivity contribution in [3.63, 3.8) is 0 Å². The van der Waals surface area contributed by atoms with E-state index >= 15 is 0 Å². The number of carbonyl (C=O) groups is 1. The zero-order valence-corrected chi connectivity index (χ0v) is 13.7. The molecule has 0 saturated heterocycles. The Morgan fingerprint density at radius 1 is 0.889 bits per heavy atom. The second-order valence-electron chi connectivity index (χ2n) is 5.60. The number of hydrogen-bond acceptors (Lipinski definition) is 3. The van der Waals surface area contributed by atoms with Crippen LogP contribution in [0.2, 0.25) is 0 Å². The highest BCUT2D eigenvalue weighted by Crippen LogP contribution is 2.29. The Morgan fingerprint density at radius 2 is 1.59 bits per heavy atom. The summed E-state index contributed by atoms with van der Waals surface area (Å²) < 4.78 is 50.8. The fourth-order valence-electron chi connectivity index (χ4n) is 2.27. The third kappa shape index (κ3) is 4.81. The van der Waals surface area contributed by atoms with Gasteiger partial charge in [-0.05, 0) is 54.6 Å². The van der Waals surface area contributed by atoms with Gasteiger partial charge in [-0.15, -0.1) is 0 Å². The Labute approximate surface area is 151 Å². The lowest BCUT2D eigenvalue weighted by Gasteiger charge is -2.09. The van der Waals surface area contributed by atoms with Crippen LogP contribution in [0.5, 0.6) is 0 Å². The number of amides is 1. The van der Waals surface area contributed by atoms with E-state index in [0.29, 0.717) is 11.4 Å². The van der Waals surface area contributed by atoms with Gasteiger partial charge in [-0.3, -0.25) is 4.79 Å². The number of aromatic nitrogens is 1. The van der Waals surface area contributed by atoms with E-state index in [1.54, 1.807) is 18.2 Å². The molecule has 27 heavy (non-hydrogen) atoms. The molecule has 1 aromatic heterocycles. The molecule has 0 aliphatic heterocycles. The largest absolute Gasteiger partial charge is 0.416 e. The molecule has 0 aliphatic carbocycles. The van der Waals surface area contributed by atoms with Crippen LogP contribution >= 0.6 is 0 Å². The molecule has 3 aromatic rings. The van der Waals surface area contributed by atoms with E-state index in [4.69, 9.17) is 0 Å². The van der Waals surface area contributed by atoms with Crippen molar-refractivity contribution in [2.24, 2.45) is 0 Å². The van der Waals surface area contributed by atoms with Crippen molar-refractivity contribution in [2.45, 2.75) is 6.18 Å².